The number of aryl methyl sites for hydroxylation is 1. The lowest BCUT2D eigenvalue weighted by molar-refractivity contribution is -0.121. The predicted octanol–water partition coefficient (Wildman–Crippen LogP) is 1.70. The lowest BCUT2D eigenvalue weighted by Gasteiger charge is -2.28. The second kappa shape index (κ2) is 6.29. The van der Waals surface area contributed by atoms with Crippen molar-refractivity contribution >= 4 is 17.2 Å². The molecule has 0 aliphatic rings. The van der Waals surface area contributed by atoms with Gasteiger partial charge in [0.2, 0.25) is 5.91 Å². The Hall–Kier alpha value is -0.940. The average molecular weight is 269 g/mol. The van der Waals surface area contributed by atoms with Crippen LogP contribution in [0.15, 0.2) is 5.38 Å². The van der Waals surface area contributed by atoms with E-state index in [1.165, 1.54) is 0 Å². The number of hydrogen-bond acceptors (Lipinski definition) is 4. The summed E-state index contributed by atoms with van der Waals surface area (Å²) in [5.41, 5.74) is 0.942. The molecule has 0 atom stereocenters. The Labute approximate surface area is 113 Å². The van der Waals surface area contributed by atoms with Gasteiger partial charge in [0.1, 0.15) is 0 Å². The molecule has 4 nitrogen and oxygen atoms in total. The van der Waals surface area contributed by atoms with Gasteiger partial charge in [-0.25, -0.2) is 4.98 Å². The van der Waals surface area contributed by atoms with Crippen LogP contribution in [0, 0.1) is 12.3 Å². The fourth-order valence-electron chi connectivity index (χ4n) is 1.97. The number of carbonyl (C=O) groups excluding carboxylic acids is 1. The van der Waals surface area contributed by atoms with Gasteiger partial charge in [-0.05, 0) is 26.4 Å². The molecule has 1 aromatic rings. The van der Waals surface area contributed by atoms with Crippen molar-refractivity contribution in [2.45, 2.75) is 27.2 Å². The molecule has 0 aliphatic carbocycles. The van der Waals surface area contributed by atoms with Gasteiger partial charge in [-0.15, -0.1) is 11.3 Å². The van der Waals surface area contributed by atoms with Gasteiger partial charge in [0, 0.05) is 18.5 Å². The van der Waals surface area contributed by atoms with Gasteiger partial charge in [-0.1, -0.05) is 13.8 Å². The largest absolute Gasteiger partial charge is 0.355 e. The number of rotatable bonds is 6. The SMILES string of the molecule is Cc1nc(CC(=O)NCC(C)(C)CN(C)C)cs1. The highest BCUT2D eigenvalue weighted by Crippen LogP contribution is 2.14. The molecule has 0 unspecified atom stereocenters. The molecule has 18 heavy (non-hydrogen) atoms. The van der Waals surface area contributed by atoms with E-state index in [1.807, 2.05) is 26.4 Å². The highest BCUT2D eigenvalue weighted by Gasteiger charge is 2.19. The summed E-state index contributed by atoms with van der Waals surface area (Å²) in [4.78, 5) is 18.2. The van der Waals surface area contributed by atoms with E-state index < -0.39 is 0 Å². The molecule has 0 saturated carbocycles. The molecule has 0 aromatic carbocycles. The normalized spacial score (nSPS) is 11.9. The highest BCUT2D eigenvalue weighted by atomic mass is 32.1. The summed E-state index contributed by atoms with van der Waals surface area (Å²) >= 11 is 1.58. The molecule has 1 N–H and O–H groups in total. The average Bonchev–Trinajstić information content (AvgIpc) is 2.59. The Morgan fingerprint density at radius 2 is 2.17 bits per heavy atom. The summed E-state index contributed by atoms with van der Waals surface area (Å²) in [7, 11) is 4.09. The second-order valence-electron chi connectivity index (χ2n) is 5.71. The van der Waals surface area contributed by atoms with Crippen LogP contribution < -0.4 is 5.32 Å². The number of thiazole rings is 1. The first-order valence-corrected chi connectivity index (χ1v) is 6.99. The molecule has 0 spiro atoms. The molecule has 5 heteroatoms. The van der Waals surface area contributed by atoms with Crippen molar-refractivity contribution in [3.63, 3.8) is 0 Å². The van der Waals surface area contributed by atoms with E-state index in [1.54, 1.807) is 11.3 Å². The van der Waals surface area contributed by atoms with E-state index in [9.17, 15) is 4.79 Å². The number of nitrogens with one attached hydrogen (secondary N) is 1. The number of carbonyl (C=O) groups is 1. The van der Waals surface area contributed by atoms with Crippen LogP contribution in [0.4, 0.5) is 0 Å². The van der Waals surface area contributed by atoms with Crippen LogP contribution in [-0.2, 0) is 11.2 Å². The van der Waals surface area contributed by atoms with Gasteiger partial charge in [-0.3, -0.25) is 4.79 Å². The smallest absolute Gasteiger partial charge is 0.226 e. The second-order valence-corrected chi connectivity index (χ2v) is 6.78. The number of nitrogens with zero attached hydrogens (tertiary/aromatic N) is 2. The first-order chi connectivity index (χ1) is 8.28. The zero-order valence-corrected chi connectivity index (χ0v) is 12.7. The maximum Gasteiger partial charge on any atom is 0.226 e. The highest BCUT2D eigenvalue weighted by molar-refractivity contribution is 7.09. The lowest BCUT2D eigenvalue weighted by atomic mass is 9.93. The standard InChI is InChI=1S/C13H23N3OS/c1-10-15-11(7-18-10)6-12(17)14-8-13(2,3)9-16(4)5/h7H,6,8-9H2,1-5H3,(H,14,17). The Kier molecular flexibility index (Phi) is 5.28. The van der Waals surface area contributed by atoms with Crippen LogP contribution in [0.1, 0.15) is 24.5 Å². The van der Waals surface area contributed by atoms with Gasteiger partial charge in [0.15, 0.2) is 0 Å². The molecule has 1 heterocycles. The minimum Gasteiger partial charge on any atom is -0.355 e. The van der Waals surface area contributed by atoms with Crippen molar-refractivity contribution in [3.8, 4) is 0 Å². The quantitative estimate of drug-likeness (QED) is 0.855. The third kappa shape index (κ3) is 5.60. The van der Waals surface area contributed by atoms with Crippen molar-refractivity contribution in [3.05, 3.63) is 16.1 Å². The Balaban J connectivity index is 2.37. The summed E-state index contributed by atoms with van der Waals surface area (Å²) in [5, 5.41) is 5.93. The molecule has 102 valence electrons. The topological polar surface area (TPSA) is 45.2 Å². The lowest BCUT2D eigenvalue weighted by Crippen LogP contribution is -2.40. The molecular weight excluding hydrogens is 246 g/mol. The Morgan fingerprint density at radius 1 is 1.50 bits per heavy atom. The third-order valence-corrected chi connectivity index (χ3v) is 3.34. The fraction of sp³-hybridized carbons (Fsp3) is 0.692. The summed E-state index contributed by atoms with van der Waals surface area (Å²) in [5.74, 6) is 0.0483. The zero-order chi connectivity index (χ0) is 13.8. The minimum atomic E-state index is 0.0483. The Morgan fingerprint density at radius 3 is 2.67 bits per heavy atom. The van der Waals surface area contributed by atoms with E-state index >= 15 is 0 Å². The van der Waals surface area contributed by atoms with E-state index in [-0.39, 0.29) is 11.3 Å². The zero-order valence-electron chi connectivity index (χ0n) is 11.9. The predicted molar refractivity (Wildman–Crippen MR) is 75.9 cm³/mol. The van der Waals surface area contributed by atoms with Crippen LogP contribution in [0.3, 0.4) is 0 Å². The van der Waals surface area contributed by atoms with Crippen molar-refractivity contribution in [2.24, 2.45) is 5.41 Å². The number of amides is 1. The summed E-state index contributed by atoms with van der Waals surface area (Å²) in [6, 6.07) is 0. The number of hydrogen-bond donors (Lipinski definition) is 1. The van der Waals surface area contributed by atoms with Crippen LogP contribution in [0.25, 0.3) is 0 Å². The Bertz CT molecular complexity index is 399. The van der Waals surface area contributed by atoms with Crippen molar-refractivity contribution in [2.75, 3.05) is 27.2 Å². The van der Waals surface area contributed by atoms with Gasteiger partial charge < -0.3 is 10.2 Å². The van der Waals surface area contributed by atoms with E-state index in [0.29, 0.717) is 13.0 Å². The molecule has 1 amide bonds. The van der Waals surface area contributed by atoms with Crippen LogP contribution in [0.2, 0.25) is 0 Å². The first-order valence-electron chi connectivity index (χ1n) is 6.11. The monoisotopic (exact) mass is 269 g/mol. The summed E-state index contributed by atoms with van der Waals surface area (Å²) in [6.07, 6.45) is 0.377. The van der Waals surface area contributed by atoms with E-state index in [0.717, 1.165) is 17.2 Å². The van der Waals surface area contributed by atoms with Gasteiger partial charge in [-0.2, -0.15) is 0 Å². The fourth-order valence-corrected chi connectivity index (χ4v) is 2.58. The molecule has 0 bridgehead atoms. The molecule has 0 fully saturated rings. The minimum absolute atomic E-state index is 0.0483. The molecule has 0 radical (unpaired) electrons. The molecule has 1 rings (SSSR count). The van der Waals surface area contributed by atoms with Crippen molar-refractivity contribution in [1.29, 1.82) is 0 Å². The van der Waals surface area contributed by atoms with Crippen molar-refractivity contribution in [1.82, 2.24) is 15.2 Å². The first kappa shape index (κ1) is 15.1. The van der Waals surface area contributed by atoms with Crippen molar-refractivity contribution < 1.29 is 4.79 Å². The maximum atomic E-state index is 11.8. The van der Waals surface area contributed by atoms with E-state index in [2.05, 4.69) is 29.0 Å². The third-order valence-electron chi connectivity index (χ3n) is 2.52. The molecule has 1 aromatic heterocycles. The number of aromatic nitrogens is 1. The molecule has 0 aliphatic heterocycles. The van der Waals surface area contributed by atoms with Gasteiger partial charge >= 0.3 is 0 Å². The molecular formula is C13H23N3OS. The molecule has 0 saturated heterocycles. The van der Waals surface area contributed by atoms with Gasteiger partial charge in [0.25, 0.3) is 0 Å². The van der Waals surface area contributed by atoms with Crippen LogP contribution >= 0.6 is 11.3 Å². The van der Waals surface area contributed by atoms with E-state index in [4.69, 9.17) is 0 Å². The maximum absolute atomic E-state index is 11.8. The van der Waals surface area contributed by atoms with Crippen LogP contribution in [-0.4, -0.2) is 43.0 Å². The van der Waals surface area contributed by atoms with Crippen LogP contribution in [0.5, 0.6) is 0 Å². The summed E-state index contributed by atoms with van der Waals surface area (Å²) in [6.45, 7) is 7.89. The van der Waals surface area contributed by atoms with Gasteiger partial charge in [0.05, 0.1) is 17.1 Å². The summed E-state index contributed by atoms with van der Waals surface area (Å²) < 4.78 is 0.